The van der Waals surface area contributed by atoms with Crippen molar-refractivity contribution >= 4 is 11.6 Å². The van der Waals surface area contributed by atoms with Crippen LogP contribution in [0.5, 0.6) is 5.75 Å². The lowest BCUT2D eigenvalue weighted by atomic mass is 10.0. The van der Waals surface area contributed by atoms with E-state index in [2.05, 4.69) is 5.48 Å². The van der Waals surface area contributed by atoms with E-state index in [1.807, 2.05) is 19.9 Å². The lowest BCUT2D eigenvalue weighted by Crippen LogP contribution is -2.10. The average molecular weight is 216 g/mol. The zero-order valence-electron chi connectivity index (χ0n) is 8.52. The molecule has 1 aromatic carbocycles. The molecule has 0 aliphatic rings. The van der Waals surface area contributed by atoms with E-state index < -0.39 is 0 Å². The van der Waals surface area contributed by atoms with Gasteiger partial charge in [0.25, 0.3) is 0 Å². The summed E-state index contributed by atoms with van der Waals surface area (Å²) in [6.07, 6.45) is 0. The molecule has 0 radical (unpaired) electrons. The van der Waals surface area contributed by atoms with Gasteiger partial charge in [0, 0.05) is 12.1 Å². The molecule has 4 heteroatoms. The first-order valence-electron chi connectivity index (χ1n) is 4.31. The summed E-state index contributed by atoms with van der Waals surface area (Å²) in [4.78, 5) is 0. The van der Waals surface area contributed by atoms with E-state index in [0.717, 1.165) is 16.7 Å². The summed E-state index contributed by atoms with van der Waals surface area (Å²) in [5.74, 6) is 0.622. The molecule has 0 saturated heterocycles. The van der Waals surface area contributed by atoms with Gasteiger partial charge in [-0.3, -0.25) is 0 Å². The van der Waals surface area contributed by atoms with E-state index >= 15 is 0 Å². The Balaban J connectivity index is 3.32. The summed E-state index contributed by atoms with van der Waals surface area (Å²) in [7, 11) is 1.57. The first-order chi connectivity index (χ1) is 6.61. The third kappa shape index (κ3) is 2.00. The molecule has 0 aliphatic carbocycles. The zero-order valence-corrected chi connectivity index (χ0v) is 9.27. The molecule has 0 saturated carbocycles. The van der Waals surface area contributed by atoms with Crippen molar-refractivity contribution < 1.29 is 9.94 Å². The van der Waals surface area contributed by atoms with Crippen molar-refractivity contribution in [3.05, 3.63) is 27.8 Å². The van der Waals surface area contributed by atoms with Crippen LogP contribution < -0.4 is 10.2 Å². The highest BCUT2D eigenvalue weighted by Gasteiger charge is 2.12. The van der Waals surface area contributed by atoms with Gasteiger partial charge in [0.2, 0.25) is 0 Å². The zero-order chi connectivity index (χ0) is 10.7. The van der Waals surface area contributed by atoms with E-state index in [9.17, 15) is 0 Å². The predicted molar refractivity (Wildman–Crippen MR) is 56.1 cm³/mol. The van der Waals surface area contributed by atoms with Crippen molar-refractivity contribution in [2.75, 3.05) is 7.11 Å². The molecule has 0 spiro atoms. The molecule has 3 nitrogen and oxygen atoms in total. The van der Waals surface area contributed by atoms with Gasteiger partial charge in [0.1, 0.15) is 5.75 Å². The number of rotatable bonds is 3. The highest BCUT2D eigenvalue weighted by molar-refractivity contribution is 6.32. The molecule has 0 bridgehead atoms. The first-order valence-corrected chi connectivity index (χ1v) is 4.69. The van der Waals surface area contributed by atoms with E-state index in [0.29, 0.717) is 17.3 Å². The average Bonchev–Trinajstić information content (AvgIpc) is 2.14. The Labute approximate surface area is 88.6 Å². The molecule has 0 unspecified atom stereocenters. The van der Waals surface area contributed by atoms with Crippen molar-refractivity contribution in [2.24, 2.45) is 0 Å². The Morgan fingerprint density at radius 2 is 2.14 bits per heavy atom. The molecular formula is C10H14ClNO2. The topological polar surface area (TPSA) is 41.5 Å². The van der Waals surface area contributed by atoms with Gasteiger partial charge in [0.05, 0.1) is 12.1 Å². The number of hydrogen-bond acceptors (Lipinski definition) is 3. The number of ether oxygens (including phenoxy) is 1. The van der Waals surface area contributed by atoms with Gasteiger partial charge >= 0.3 is 0 Å². The number of hydrogen-bond donors (Lipinski definition) is 2. The molecule has 0 heterocycles. The van der Waals surface area contributed by atoms with Crippen molar-refractivity contribution in [3.63, 3.8) is 0 Å². The molecule has 14 heavy (non-hydrogen) atoms. The smallest absolute Gasteiger partial charge is 0.142 e. The molecule has 0 aromatic heterocycles. The van der Waals surface area contributed by atoms with Gasteiger partial charge in [-0.1, -0.05) is 11.6 Å². The fourth-order valence-electron chi connectivity index (χ4n) is 1.43. The Morgan fingerprint density at radius 1 is 1.50 bits per heavy atom. The van der Waals surface area contributed by atoms with Crippen molar-refractivity contribution in [3.8, 4) is 5.75 Å². The first kappa shape index (κ1) is 11.3. The molecule has 2 N–H and O–H groups in total. The molecule has 0 aliphatic heterocycles. The molecule has 78 valence electrons. The lowest BCUT2D eigenvalue weighted by molar-refractivity contribution is 0.160. The van der Waals surface area contributed by atoms with Crippen molar-refractivity contribution in [2.45, 2.75) is 20.4 Å². The highest BCUT2D eigenvalue weighted by atomic mass is 35.5. The van der Waals surface area contributed by atoms with Crippen LogP contribution in [-0.2, 0) is 6.54 Å². The number of hydroxylamine groups is 1. The van der Waals surface area contributed by atoms with E-state index in [-0.39, 0.29) is 0 Å². The van der Waals surface area contributed by atoms with Crippen LogP contribution in [0.3, 0.4) is 0 Å². The van der Waals surface area contributed by atoms with Crippen LogP contribution in [0.1, 0.15) is 16.7 Å². The van der Waals surface area contributed by atoms with Crippen molar-refractivity contribution in [1.29, 1.82) is 0 Å². The minimum atomic E-state index is 0.330. The minimum absolute atomic E-state index is 0.330. The standard InChI is InChI=1S/C10H14ClNO2/c1-6-4-9(11)10(14-3)8(5-12-13)7(6)2/h4,12-13H,5H2,1-3H3. The maximum atomic E-state index is 8.70. The van der Waals surface area contributed by atoms with Crippen LogP contribution in [-0.4, -0.2) is 12.3 Å². The molecule has 0 atom stereocenters. The Hall–Kier alpha value is -0.770. The minimum Gasteiger partial charge on any atom is -0.495 e. The van der Waals surface area contributed by atoms with Crippen LogP contribution in [0.2, 0.25) is 5.02 Å². The molecule has 1 rings (SSSR count). The number of methoxy groups -OCH3 is 1. The van der Waals surface area contributed by atoms with Crippen LogP contribution in [0, 0.1) is 13.8 Å². The second-order valence-electron chi connectivity index (χ2n) is 3.15. The normalized spacial score (nSPS) is 10.4. The van der Waals surface area contributed by atoms with E-state index in [4.69, 9.17) is 21.5 Å². The molecule has 1 aromatic rings. The summed E-state index contributed by atoms with van der Waals surface area (Å²) in [6.45, 7) is 4.28. The number of benzene rings is 1. The van der Waals surface area contributed by atoms with Gasteiger partial charge in [-0.2, -0.15) is 0 Å². The third-order valence-corrected chi connectivity index (χ3v) is 2.62. The Kier molecular flexibility index (Phi) is 3.75. The maximum Gasteiger partial charge on any atom is 0.142 e. The van der Waals surface area contributed by atoms with E-state index in [1.54, 1.807) is 7.11 Å². The lowest BCUT2D eigenvalue weighted by Gasteiger charge is -2.14. The summed E-state index contributed by atoms with van der Waals surface area (Å²) in [5, 5.41) is 9.27. The fourth-order valence-corrected chi connectivity index (χ4v) is 1.78. The van der Waals surface area contributed by atoms with Gasteiger partial charge in [-0.25, -0.2) is 5.48 Å². The third-order valence-electron chi connectivity index (χ3n) is 2.34. The quantitative estimate of drug-likeness (QED) is 0.762. The second-order valence-corrected chi connectivity index (χ2v) is 3.55. The molecule has 0 fully saturated rings. The van der Waals surface area contributed by atoms with Crippen LogP contribution in [0.25, 0.3) is 0 Å². The van der Waals surface area contributed by atoms with Crippen LogP contribution in [0.4, 0.5) is 0 Å². The van der Waals surface area contributed by atoms with Crippen molar-refractivity contribution in [1.82, 2.24) is 5.48 Å². The number of nitrogens with one attached hydrogen (secondary N) is 1. The second kappa shape index (κ2) is 4.64. The predicted octanol–water partition coefficient (Wildman–Crippen LogP) is 2.44. The highest BCUT2D eigenvalue weighted by Crippen LogP contribution is 2.33. The van der Waals surface area contributed by atoms with Gasteiger partial charge in [0.15, 0.2) is 0 Å². The van der Waals surface area contributed by atoms with Gasteiger partial charge in [-0.05, 0) is 31.0 Å². The Bertz CT molecular complexity index is 339. The summed E-state index contributed by atoms with van der Waals surface area (Å²) in [6, 6.07) is 1.86. The van der Waals surface area contributed by atoms with Gasteiger partial charge in [-0.15, -0.1) is 0 Å². The SMILES string of the molecule is COc1c(Cl)cc(C)c(C)c1CNO. The fraction of sp³-hybridized carbons (Fsp3) is 0.400. The summed E-state index contributed by atoms with van der Waals surface area (Å²) >= 11 is 6.01. The number of aryl methyl sites for hydroxylation is 1. The van der Waals surface area contributed by atoms with Crippen LogP contribution in [0.15, 0.2) is 6.07 Å². The van der Waals surface area contributed by atoms with E-state index in [1.165, 1.54) is 0 Å². The van der Waals surface area contributed by atoms with Crippen LogP contribution >= 0.6 is 11.6 Å². The largest absolute Gasteiger partial charge is 0.495 e. The Morgan fingerprint density at radius 3 is 2.64 bits per heavy atom. The van der Waals surface area contributed by atoms with Gasteiger partial charge < -0.3 is 9.94 Å². The maximum absolute atomic E-state index is 8.70. The number of halogens is 1. The molecular weight excluding hydrogens is 202 g/mol. The summed E-state index contributed by atoms with van der Waals surface area (Å²) < 4.78 is 5.18. The molecule has 0 amide bonds. The summed E-state index contributed by atoms with van der Waals surface area (Å²) in [5.41, 5.74) is 5.17. The monoisotopic (exact) mass is 215 g/mol.